The fourth-order valence-electron chi connectivity index (χ4n) is 4.11. The molecule has 12 nitrogen and oxygen atoms in total. The second-order valence-electron chi connectivity index (χ2n) is 8.71. The summed E-state index contributed by atoms with van der Waals surface area (Å²) in [5, 5.41) is 0. The minimum absolute atomic E-state index is 0.0113. The maximum Gasteiger partial charge on any atom is 0.351 e. The smallest absolute Gasteiger partial charge is 0.351 e. The maximum atomic E-state index is 12.5. The van der Waals surface area contributed by atoms with Crippen LogP contribution >= 0.6 is 0 Å². The molecule has 3 aliphatic rings. The minimum atomic E-state index is -0.963. The van der Waals surface area contributed by atoms with Gasteiger partial charge in [0.25, 0.3) is 11.8 Å². The Labute approximate surface area is 217 Å². The van der Waals surface area contributed by atoms with Gasteiger partial charge in [-0.1, -0.05) is 24.3 Å². The van der Waals surface area contributed by atoms with Crippen molar-refractivity contribution in [1.82, 2.24) is 9.80 Å². The summed E-state index contributed by atoms with van der Waals surface area (Å²) < 4.78 is 32.4. The van der Waals surface area contributed by atoms with E-state index >= 15 is 0 Å². The van der Waals surface area contributed by atoms with Crippen molar-refractivity contribution >= 4 is 23.8 Å². The molecule has 0 radical (unpaired) electrons. The average Bonchev–Trinajstić information content (AvgIpc) is 2.97. The first kappa shape index (κ1) is 25.2. The molecule has 2 aromatic carbocycles. The number of esters is 2. The first-order valence-electron chi connectivity index (χ1n) is 12.1. The highest BCUT2D eigenvalue weighted by atomic mass is 16.6. The van der Waals surface area contributed by atoms with Gasteiger partial charge in [0.05, 0.1) is 0 Å². The highest BCUT2D eigenvalue weighted by Gasteiger charge is 2.32. The summed E-state index contributed by atoms with van der Waals surface area (Å²) in [5.74, 6) is -0.216. The van der Waals surface area contributed by atoms with E-state index in [0.717, 1.165) is 0 Å². The number of rotatable bonds is 6. The van der Waals surface area contributed by atoms with Crippen LogP contribution in [0.1, 0.15) is 0 Å². The highest BCUT2D eigenvalue weighted by molar-refractivity contribution is 5.84. The lowest BCUT2D eigenvalue weighted by Crippen LogP contribution is -2.52. The monoisotopic (exact) mass is 526 g/mol. The molecular formula is C26H26N2O10. The Morgan fingerprint density at radius 2 is 1.00 bits per heavy atom. The Morgan fingerprint density at radius 3 is 1.39 bits per heavy atom. The van der Waals surface area contributed by atoms with Crippen molar-refractivity contribution in [2.24, 2.45) is 0 Å². The fraction of sp³-hybridized carbons (Fsp3) is 0.385. The van der Waals surface area contributed by atoms with E-state index in [2.05, 4.69) is 0 Å². The Kier molecular flexibility index (Phi) is 7.47. The summed E-state index contributed by atoms with van der Waals surface area (Å²) in [6.45, 7) is 0.0968. The fourth-order valence-corrected chi connectivity index (χ4v) is 4.11. The third-order valence-corrected chi connectivity index (χ3v) is 6.20. The van der Waals surface area contributed by atoms with Crippen LogP contribution in [0.4, 0.5) is 0 Å². The van der Waals surface area contributed by atoms with Gasteiger partial charge in [-0.25, -0.2) is 9.59 Å². The summed E-state index contributed by atoms with van der Waals surface area (Å²) in [7, 11) is 0. The standard InChI is InChI=1S/C26H26N2O10/c29-23(15-35-25(31)21-13-33-17-5-1-3-7-19(17)37-21)27-9-11-28(12-10-27)24(30)16-36-26(32)22-14-34-18-6-2-4-8-20(18)38-22/h1-8,21-22H,9-16H2/t21-,22-/m1/s1. The van der Waals surface area contributed by atoms with Crippen LogP contribution in [0.2, 0.25) is 0 Å². The molecule has 0 bridgehead atoms. The molecule has 5 rings (SSSR count). The summed E-state index contributed by atoms with van der Waals surface area (Å²) in [6.07, 6.45) is -1.93. The molecule has 0 saturated carbocycles. The van der Waals surface area contributed by atoms with Crippen molar-refractivity contribution in [2.75, 3.05) is 52.6 Å². The number of ether oxygens (including phenoxy) is 6. The highest BCUT2D eigenvalue weighted by Crippen LogP contribution is 2.32. The molecule has 1 fully saturated rings. The van der Waals surface area contributed by atoms with Gasteiger partial charge in [0.1, 0.15) is 13.2 Å². The van der Waals surface area contributed by atoms with Crippen molar-refractivity contribution in [3.05, 3.63) is 48.5 Å². The van der Waals surface area contributed by atoms with E-state index in [1.165, 1.54) is 9.80 Å². The van der Waals surface area contributed by atoms with Gasteiger partial charge in [-0.2, -0.15) is 0 Å². The largest absolute Gasteiger partial charge is 0.485 e. The molecular weight excluding hydrogens is 500 g/mol. The molecule has 0 aliphatic carbocycles. The maximum absolute atomic E-state index is 12.5. The lowest BCUT2D eigenvalue weighted by atomic mass is 10.2. The molecule has 0 aromatic heterocycles. The summed E-state index contributed by atoms with van der Waals surface area (Å²) in [5.41, 5.74) is 0. The molecule has 0 spiro atoms. The number of hydrogen-bond donors (Lipinski definition) is 0. The van der Waals surface area contributed by atoms with Crippen molar-refractivity contribution in [3.63, 3.8) is 0 Å². The van der Waals surface area contributed by atoms with E-state index in [4.69, 9.17) is 28.4 Å². The molecule has 2 amide bonds. The van der Waals surface area contributed by atoms with Crippen LogP contribution in [-0.4, -0.2) is 98.4 Å². The molecule has 0 N–H and O–H groups in total. The number of fused-ring (bicyclic) bond motifs is 2. The Bertz CT molecular complexity index is 1120. The van der Waals surface area contributed by atoms with E-state index in [0.29, 0.717) is 23.0 Å². The lowest BCUT2D eigenvalue weighted by Gasteiger charge is -2.34. The summed E-state index contributed by atoms with van der Waals surface area (Å²) >= 11 is 0. The van der Waals surface area contributed by atoms with Gasteiger partial charge >= 0.3 is 11.9 Å². The predicted molar refractivity (Wildman–Crippen MR) is 128 cm³/mol. The van der Waals surface area contributed by atoms with Crippen molar-refractivity contribution in [2.45, 2.75) is 12.2 Å². The van der Waals surface area contributed by atoms with Crippen molar-refractivity contribution in [1.29, 1.82) is 0 Å². The zero-order valence-electron chi connectivity index (χ0n) is 20.4. The number of nitrogens with zero attached hydrogens (tertiary/aromatic N) is 2. The van der Waals surface area contributed by atoms with E-state index < -0.39 is 37.4 Å². The topological polar surface area (TPSA) is 130 Å². The molecule has 0 unspecified atom stereocenters. The number of hydrogen-bond acceptors (Lipinski definition) is 10. The molecule has 2 atom stereocenters. The number of amides is 2. The summed E-state index contributed by atoms with van der Waals surface area (Å²) in [6, 6.07) is 13.9. The van der Waals surface area contributed by atoms with E-state index in [9.17, 15) is 19.2 Å². The SMILES string of the molecule is O=C(OCC(=O)N1CCN(C(=O)COC(=O)[C@H]2COc3ccccc3O2)CC1)[C@H]1COc2ccccc2O1. The van der Waals surface area contributed by atoms with Gasteiger partial charge in [0.15, 0.2) is 36.2 Å². The third kappa shape index (κ3) is 5.74. The third-order valence-electron chi connectivity index (χ3n) is 6.20. The Hall–Kier alpha value is -4.48. The molecule has 3 aliphatic heterocycles. The molecule has 2 aromatic rings. The van der Waals surface area contributed by atoms with Crippen LogP contribution in [0.3, 0.4) is 0 Å². The quantitative estimate of drug-likeness (QED) is 0.488. The van der Waals surface area contributed by atoms with E-state index in [-0.39, 0.29) is 51.2 Å². The lowest BCUT2D eigenvalue weighted by molar-refractivity contribution is -0.162. The van der Waals surface area contributed by atoms with E-state index in [1.807, 2.05) is 0 Å². The van der Waals surface area contributed by atoms with Gasteiger partial charge in [0.2, 0.25) is 12.2 Å². The Balaban J connectivity index is 1.00. The van der Waals surface area contributed by atoms with Crippen LogP contribution in [-0.2, 0) is 28.7 Å². The van der Waals surface area contributed by atoms with Crippen LogP contribution in [0, 0.1) is 0 Å². The molecule has 3 heterocycles. The molecule has 12 heteroatoms. The van der Waals surface area contributed by atoms with Crippen LogP contribution in [0.25, 0.3) is 0 Å². The van der Waals surface area contributed by atoms with Gasteiger partial charge in [-0.15, -0.1) is 0 Å². The van der Waals surface area contributed by atoms with Crippen molar-refractivity contribution in [3.8, 4) is 23.0 Å². The number of benzene rings is 2. The minimum Gasteiger partial charge on any atom is -0.485 e. The van der Waals surface area contributed by atoms with Crippen LogP contribution in [0.15, 0.2) is 48.5 Å². The number of piperazine rings is 1. The second-order valence-corrected chi connectivity index (χ2v) is 8.71. The predicted octanol–water partition coefficient (Wildman–Crippen LogP) is 0.424. The zero-order chi connectivity index (χ0) is 26.5. The summed E-state index contributed by atoms with van der Waals surface area (Å²) in [4.78, 5) is 52.7. The number of carbonyl (C=O) groups is 4. The van der Waals surface area contributed by atoms with Crippen LogP contribution in [0.5, 0.6) is 23.0 Å². The number of carbonyl (C=O) groups excluding carboxylic acids is 4. The average molecular weight is 526 g/mol. The van der Waals surface area contributed by atoms with Gasteiger partial charge in [-0.05, 0) is 24.3 Å². The van der Waals surface area contributed by atoms with Gasteiger partial charge < -0.3 is 38.2 Å². The molecule has 38 heavy (non-hydrogen) atoms. The Morgan fingerprint density at radius 1 is 0.632 bits per heavy atom. The number of para-hydroxylation sites is 4. The van der Waals surface area contributed by atoms with Crippen LogP contribution < -0.4 is 18.9 Å². The zero-order valence-corrected chi connectivity index (χ0v) is 20.4. The van der Waals surface area contributed by atoms with Crippen molar-refractivity contribution < 1.29 is 47.6 Å². The molecule has 1 saturated heterocycles. The normalized spacial score (nSPS) is 19.8. The van der Waals surface area contributed by atoms with Gasteiger partial charge in [0, 0.05) is 26.2 Å². The van der Waals surface area contributed by atoms with E-state index in [1.54, 1.807) is 48.5 Å². The molecule has 200 valence electrons. The second kappa shape index (κ2) is 11.3. The van der Waals surface area contributed by atoms with Gasteiger partial charge in [-0.3, -0.25) is 9.59 Å². The first-order chi connectivity index (χ1) is 18.5. The first-order valence-corrected chi connectivity index (χ1v) is 12.1.